The average Bonchev–Trinajstić information content (AvgIpc) is 3.71. The van der Waals surface area contributed by atoms with Crippen LogP contribution < -0.4 is 10.0 Å². The first-order valence-corrected chi connectivity index (χ1v) is 21.5. The van der Waals surface area contributed by atoms with E-state index in [4.69, 9.17) is 9.72 Å². The molecule has 0 bridgehead atoms. The Morgan fingerprint density at radius 3 is 2.40 bits per heavy atom. The molecule has 2 N–H and O–H groups in total. The maximum Gasteiger partial charge on any atom is 0.392 e. The number of halogens is 5. The number of ether oxygens (including phenoxy) is 1. The van der Waals surface area contributed by atoms with Crippen LogP contribution >= 0.6 is 0 Å². The van der Waals surface area contributed by atoms with Crippen LogP contribution in [0.3, 0.4) is 0 Å². The number of aromatic nitrogens is 2. The summed E-state index contributed by atoms with van der Waals surface area (Å²) < 4.78 is 93.0. The minimum atomic E-state index is -4.46. The molecule has 1 aromatic carbocycles. The molecule has 1 heterocycles. The number of nitrogens with zero attached hydrogens (tertiary/aromatic N) is 2. The first kappa shape index (κ1) is 38.1. The number of benzene rings is 1. The molecule has 2 saturated carbocycles. The van der Waals surface area contributed by atoms with Crippen LogP contribution in [0, 0.1) is 17.8 Å². The zero-order valence-electron chi connectivity index (χ0n) is 28.6. The van der Waals surface area contributed by atoms with Gasteiger partial charge in [-0.3, -0.25) is 4.79 Å². The van der Waals surface area contributed by atoms with Crippen molar-refractivity contribution in [2.45, 2.75) is 134 Å². The summed E-state index contributed by atoms with van der Waals surface area (Å²) in [5.74, 6) is -5.26. The maximum absolute atomic E-state index is 14.8. The van der Waals surface area contributed by atoms with Gasteiger partial charge in [0.2, 0.25) is 11.8 Å². The molecule has 2 aliphatic carbocycles. The number of alkyl halides is 5. The molecular formula is C33H51F5N4O3SSi. The summed E-state index contributed by atoms with van der Waals surface area (Å²) in [6.45, 7) is 13.8. The van der Waals surface area contributed by atoms with Crippen LogP contribution in [0.15, 0.2) is 18.2 Å². The number of imidazole rings is 1. The largest absolute Gasteiger partial charge is 0.598 e. The number of fused-ring (bicyclic) bond motifs is 1. The van der Waals surface area contributed by atoms with E-state index >= 15 is 0 Å². The van der Waals surface area contributed by atoms with Crippen LogP contribution in [0.1, 0.15) is 96.1 Å². The third-order valence-electron chi connectivity index (χ3n) is 9.06. The third-order valence-corrected chi connectivity index (χ3v) is 12.3. The summed E-state index contributed by atoms with van der Waals surface area (Å²) in [7, 11) is -1.40. The van der Waals surface area contributed by atoms with E-state index in [-0.39, 0.29) is 25.5 Å². The lowest BCUT2D eigenvalue weighted by molar-refractivity contribution is -0.174. The fourth-order valence-corrected chi connectivity index (χ4v) is 7.58. The van der Waals surface area contributed by atoms with Gasteiger partial charge in [0.1, 0.15) is 23.3 Å². The molecule has 5 atom stereocenters. The summed E-state index contributed by atoms with van der Waals surface area (Å²) in [6, 6.07) is 5.21. The molecular weight excluding hydrogens is 656 g/mol. The zero-order valence-corrected chi connectivity index (χ0v) is 30.4. The van der Waals surface area contributed by atoms with Gasteiger partial charge in [0.25, 0.3) is 0 Å². The molecule has 0 spiro atoms. The van der Waals surface area contributed by atoms with Crippen LogP contribution in [-0.2, 0) is 27.6 Å². The minimum absolute atomic E-state index is 0.0946. The second-order valence-corrected chi connectivity index (χ2v) is 23.3. The van der Waals surface area contributed by atoms with E-state index in [9.17, 15) is 31.3 Å². The number of carbonyl (C=O) groups is 1. The van der Waals surface area contributed by atoms with E-state index in [1.807, 2.05) is 43.5 Å². The Morgan fingerprint density at radius 2 is 1.83 bits per heavy atom. The minimum Gasteiger partial charge on any atom is -0.598 e. The van der Waals surface area contributed by atoms with E-state index in [2.05, 4.69) is 29.7 Å². The highest BCUT2D eigenvalue weighted by molar-refractivity contribution is 7.90. The topological polar surface area (TPSA) is 91.2 Å². The molecule has 2 aromatic rings. The standard InChI is InChI=1S/C33H51F5N4O3SSi/c1-21(33(36,37)38)17-27(43)40-28(22-10-11-22)23-12-13-26-25(18-23)39-30(42(26)20-45-15-16-47(5,6)7)29(41-46(44)31(2,3)4)24-9-8-14-32(34,35)19-24/h12-13,18,21-22,24,28-29,41H,8-11,14-17,19-20H2,1-7H3,(H,40,43)/t21?,24-,28-,29+,46?/m1/s1. The van der Waals surface area contributed by atoms with E-state index in [1.165, 1.54) is 0 Å². The van der Waals surface area contributed by atoms with Crippen LogP contribution in [-0.4, -0.2) is 51.5 Å². The molecule has 1 aromatic heterocycles. The van der Waals surface area contributed by atoms with Crippen LogP contribution in [0.2, 0.25) is 25.7 Å². The van der Waals surface area contributed by atoms with Crippen molar-refractivity contribution in [1.82, 2.24) is 19.6 Å². The van der Waals surface area contributed by atoms with Crippen molar-refractivity contribution in [3.63, 3.8) is 0 Å². The predicted octanol–water partition coefficient (Wildman–Crippen LogP) is 8.42. The highest BCUT2D eigenvalue weighted by Gasteiger charge is 2.44. The quantitative estimate of drug-likeness (QED) is 0.0891. The molecule has 0 radical (unpaired) electrons. The first-order chi connectivity index (χ1) is 21.6. The van der Waals surface area contributed by atoms with Crippen LogP contribution in [0.4, 0.5) is 22.0 Å². The lowest BCUT2D eigenvalue weighted by Crippen LogP contribution is -2.45. The second kappa shape index (κ2) is 14.6. The van der Waals surface area contributed by atoms with Gasteiger partial charge in [0.15, 0.2) is 0 Å². The predicted molar refractivity (Wildman–Crippen MR) is 178 cm³/mol. The van der Waals surface area contributed by atoms with Gasteiger partial charge < -0.3 is 19.2 Å². The average molecular weight is 707 g/mol. The van der Waals surface area contributed by atoms with Crippen molar-refractivity contribution in [3.05, 3.63) is 29.6 Å². The van der Waals surface area contributed by atoms with E-state index < -0.39 is 72.5 Å². The van der Waals surface area contributed by atoms with E-state index in [0.29, 0.717) is 36.3 Å². The summed E-state index contributed by atoms with van der Waals surface area (Å²) in [5.41, 5.74) is 1.96. The van der Waals surface area contributed by atoms with E-state index in [0.717, 1.165) is 31.4 Å². The van der Waals surface area contributed by atoms with Crippen LogP contribution in [0.5, 0.6) is 0 Å². The van der Waals surface area contributed by atoms with Crippen molar-refractivity contribution in [2.75, 3.05) is 6.61 Å². The molecule has 14 heteroatoms. The van der Waals surface area contributed by atoms with Gasteiger partial charge in [0.05, 0.1) is 23.0 Å². The number of carbonyl (C=O) groups excluding carboxylic acids is 1. The molecule has 1 amide bonds. The number of rotatable bonds is 14. The summed E-state index contributed by atoms with van der Waals surface area (Å²) in [6.07, 6.45) is -3.14. The number of hydrogen-bond donors (Lipinski definition) is 2. The number of hydrogen-bond acceptors (Lipinski definition) is 5. The SMILES string of the molecule is CC(CC(=O)N[C@@H](c1ccc2c(c1)nc([C@@H](N[S+]([O-])C(C)(C)C)[C@@H]1CCCC(F)(F)C1)n2COCC[Si](C)(C)C)C1CC1)C(F)(F)F. The lowest BCUT2D eigenvalue weighted by atomic mass is 9.81. The number of nitrogens with one attached hydrogen (secondary N) is 2. The molecule has 4 rings (SSSR count). The van der Waals surface area contributed by atoms with E-state index in [1.54, 1.807) is 0 Å². The number of amides is 1. The normalized spacial score (nSPS) is 21.8. The summed E-state index contributed by atoms with van der Waals surface area (Å²) >= 11 is -1.58. The summed E-state index contributed by atoms with van der Waals surface area (Å²) in [5, 5.41) is 2.84. The fourth-order valence-electron chi connectivity index (χ4n) is 5.94. The van der Waals surface area contributed by atoms with Crippen molar-refractivity contribution in [3.8, 4) is 0 Å². The smallest absolute Gasteiger partial charge is 0.392 e. The maximum atomic E-state index is 14.8. The van der Waals surface area contributed by atoms with Gasteiger partial charge in [-0.2, -0.15) is 13.2 Å². The molecule has 0 aliphatic heterocycles. The van der Waals surface area contributed by atoms with Gasteiger partial charge in [-0.1, -0.05) is 32.6 Å². The lowest BCUT2D eigenvalue weighted by Gasteiger charge is -2.36. The first-order valence-electron chi connectivity index (χ1n) is 16.6. The highest BCUT2D eigenvalue weighted by atomic mass is 32.2. The highest BCUT2D eigenvalue weighted by Crippen LogP contribution is 2.45. The van der Waals surface area contributed by atoms with Gasteiger partial charge in [-0.15, -0.1) is 4.72 Å². The Kier molecular flexibility index (Phi) is 11.8. The molecule has 2 unspecified atom stereocenters. The molecule has 2 aliphatic rings. The van der Waals surface area contributed by atoms with Gasteiger partial charge in [0, 0.05) is 45.3 Å². The molecule has 2 fully saturated rings. The van der Waals surface area contributed by atoms with Crippen molar-refractivity contribution < 1.29 is 36.0 Å². The molecule has 266 valence electrons. The van der Waals surface area contributed by atoms with Crippen molar-refractivity contribution in [1.29, 1.82) is 0 Å². The van der Waals surface area contributed by atoms with Crippen LogP contribution in [0.25, 0.3) is 11.0 Å². The van der Waals surface area contributed by atoms with Gasteiger partial charge in [-0.05, 0) is 82.0 Å². The zero-order chi connectivity index (χ0) is 34.9. The summed E-state index contributed by atoms with van der Waals surface area (Å²) in [4.78, 5) is 17.7. The molecule has 0 saturated heterocycles. The Bertz CT molecular complexity index is 1370. The van der Waals surface area contributed by atoms with Crippen molar-refractivity contribution in [2.24, 2.45) is 17.8 Å². The van der Waals surface area contributed by atoms with Crippen molar-refractivity contribution >= 4 is 36.4 Å². The third kappa shape index (κ3) is 10.6. The Labute approximate surface area is 279 Å². The fraction of sp³-hybridized carbons (Fsp3) is 0.758. The van der Waals surface area contributed by atoms with Gasteiger partial charge in [-0.25, -0.2) is 13.8 Å². The Hall–Kier alpha value is -1.74. The molecule has 7 nitrogen and oxygen atoms in total. The second-order valence-electron chi connectivity index (χ2n) is 15.7. The Morgan fingerprint density at radius 1 is 1.15 bits per heavy atom. The monoisotopic (exact) mass is 706 g/mol. The van der Waals surface area contributed by atoms with Gasteiger partial charge >= 0.3 is 6.18 Å². The Balaban J connectivity index is 1.73. The molecule has 47 heavy (non-hydrogen) atoms.